The minimum absolute atomic E-state index is 0.0353. The minimum atomic E-state index is 0.0353. The third kappa shape index (κ3) is 3.41. The number of nitrogens with zero attached hydrogens (tertiary/aromatic N) is 4. The highest BCUT2D eigenvalue weighted by Gasteiger charge is 2.22. The highest BCUT2D eigenvalue weighted by Crippen LogP contribution is 2.18. The summed E-state index contributed by atoms with van der Waals surface area (Å²) in [5, 5.41) is 0.353. The van der Waals surface area contributed by atoms with Gasteiger partial charge in [0.1, 0.15) is 11.0 Å². The topological polar surface area (TPSA) is 39.7 Å². The van der Waals surface area contributed by atoms with Crippen LogP contribution in [0.5, 0.6) is 0 Å². The van der Waals surface area contributed by atoms with E-state index in [2.05, 4.69) is 16.8 Å². The maximum Gasteiger partial charge on any atom is 0.254 e. The molecule has 0 atom stereocenters. The van der Waals surface area contributed by atoms with Gasteiger partial charge in [-0.05, 0) is 18.7 Å². The Balaban J connectivity index is 2.13. The van der Waals surface area contributed by atoms with Gasteiger partial charge in [0, 0.05) is 45.8 Å². The SMILES string of the molecule is CCN1CCN(C(=O)c2cc(Cl)nc(N(C)C)c2)CC1. The molecule has 1 amide bonds. The van der Waals surface area contributed by atoms with Crippen LogP contribution in [0, 0.1) is 0 Å². The Labute approximate surface area is 125 Å². The zero-order chi connectivity index (χ0) is 14.7. The predicted molar refractivity (Wildman–Crippen MR) is 81.6 cm³/mol. The number of rotatable bonds is 3. The average molecular weight is 297 g/mol. The molecule has 2 heterocycles. The molecule has 0 bridgehead atoms. The summed E-state index contributed by atoms with van der Waals surface area (Å²) in [5.74, 6) is 0.737. The quantitative estimate of drug-likeness (QED) is 0.794. The molecule has 20 heavy (non-hydrogen) atoms. The Morgan fingerprint density at radius 2 is 1.95 bits per heavy atom. The first-order valence-corrected chi connectivity index (χ1v) is 7.25. The summed E-state index contributed by atoms with van der Waals surface area (Å²) < 4.78 is 0. The van der Waals surface area contributed by atoms with Crippen molar-refractivity contribution in [2.75, 3.05) is 51.7 Å². The average Bonchev–Trinajstić information content (AvgIpc) is 2.46. The Morgan fingerprint density at radius 3 is 2.50 bits per heavy atom. The van der Waals surface area contributed by atoms with E-state index in [9.17, 15) is 4.79 Å². The normalized spacial score (nSPS) is 16.3. The zero-order valence-electron chi connectivity index (χ0n) is 12.3. The summed E-state index contributed by atoms with van der Waals surface area (Å²) in [6, 6.07) is 3.43. The van der Waals surface area contributed by atoms with Crippen LogP contribution in [0.4, 0.5) is 5.82 Å². The number of halogens is 1. The number of hydrogen-bond donors (Lipinski definition) is 0. The van der Waals surface area contributed by atoms with Crippen LogP contribution in [0.2, 0.25) is 5.15 Å². The van der Waals surface area contributed by atoms with Gasteiger partial charge in [0.15, 0.2) is 0 Å². The fourth-order valence-corrected chi connectivity index (χ4v) is 2.49. The van der Waals surface area contributed by atoms with Gasteiger partial charge < -0.3 is 14.7 Å². The smallest absolute Gasteiger partial charge is 0.254 e. The van der Waals surface area contributed by atoms with Crippen LogP contribution < -0.4 is 4.90 Å². The summed E-state index contributed by atoms with van der Waals surface area (Å²) >= 11 is 6.01. The number of anilines is 1. The molecule has 6 heteroatoms. The van der Waals surface area contributed by atoms with Crippen molar-refractivity contribution in [3.63, 3.8) is 0 Å². The van der Waals surface area contributed by atoms with Crippen molar-refractivity contribution < 1.29 is 4.79 Å². The van der Waals surface area contributed by atoms with Crippen LogP contribution in [0.15, 0.2) is 12.1 Å². The van der Waals surface area contributed by atoms with E-state index >= 15 is 0 Å². The summed E-state index contributed by atoms with van der Waals surface area (Å²) in [4.78, 5) is 22.8. The van der Waals surface area contributed by atoms with Gasteiger partial charge in [-0.2, -0.15) is 0 Å². The second kappa shape index (κ2) is 6.41. The molecular weight excluding hydrogens is 276 g/mol. The van der Waals surface area contributed by atoms with Crippen LogP contribution in [0.3, 0.4) is 0 Å². The maximum atomic E-state index is 12.5. The maximum absolute atomic E-state index is 12.5. The Bertz CT molecular complexity index is 484. The molecule has 110 valence electrons. The molecule has 0 spiro atoms. The number of likely N-dealkylation sites (N-methyl/N-ethyl adjacent to an activating group) is 1. The van der Waals surface area contributed by atoms with E-state index in [1.165, 1.54) is 0 Å². The zero-order valence-corrected chi connectivity index (χ0v) is 13.0. The predicted octanol–water partition coefficient (Wildman–Crippen LogP) is 1.58. The first kappa shape index (κ1) is 15.1. The molecule has 1 aromatic rings. The molecule has 1 aliphatic rings. The van der Waals surface area contributed by atoms with Crippen LogP contribution in [-0.2, 0) is 0 Å². The highest BCUT2D eigenvalue weighted by atomic mass is 35.5. The number of amides is 1. The van der Waals surface area contributed by atoms with Crippen molar-refractivity contribution in [2.24, 2.45) is 0 Å². The minimum Gasteiger partial charge on any atom is -0.363 e. The lowest BCUT2D eigenvalue weighted by Gasteiger charge is -2.34. The highest BCUT2D eigenvalue weighted by molar-refractivity contribution is 6.29. The van der Waals surface area contributed by atoms with Crippen molar-refractivity contribution in [2.45, 2.75) is 6.92 Å². The molecule has 1 fully saturated rings. The lowest BCUT2D eigenvalue weighted by atomic mass is 10.2. The third-order valence-electron chi connectivity index (χ3n) is 3.59. The first-order chi connectivity index (χ1) is 9.51. The Morgan fingerprint density at radius 1 is 1.30 bits per heavy atom. The molecular formula is C14H21ClN4O. The van der Waals surface area contributed by atoms with Gasteiger partial charge in [-0.25, -0.2) is 4.98 Å². The number of carbonyl (C=O) groups is 1. The van der Waals surface area contributed by atoms with Gasteiger partial charge in [0.25, 0.3) is 5.91 Å². The molecule has 2 rings (SSSR count). The van der Waals surface area contributed by atoms with E-state index < -0.39 is 0 Å². The standard InChI is InChI=1S/C14H21ClN4O/c1-4-18-5-7-19(8-6-18)14(20)11-9-12(15)16-13(10-11)17(2)3/h9-10H,4-8H2,1-3H3. The van der Waals surface area contributed by atoms with Gasteiger partial charge in [-0.3, -0.25) is 4.79 Å². The van der Waals surface area contributed by atoms with Gasteiger partial charge in [-0.1, -0.05) is 18.5 Å². The molecule has 0 unspecified atom stereocenters. The van der Waals surface area contributed by atoms with E-state index in [0.717, 1.165) is 32.7 Å². The van der Waals surface area contributed by atoms with Gasteiger partial charge >= 0.3 is 0 Å². The van der Waals surface area contributed by atoms with E-state index in [0.29, 0.717) is 16.5 Å². The van der Waals surface area contributed by atoms with E-state index in [4.69, 9.17) is 11.6 Å². The third-order valence-corrected chi connectivity index (χ3v) is 3.79. The van der Waals surface area contributed by atoms with E-state index in [1.54, 1.807) is 12.1 Å². The van der Waals surface area contributed by atoms with Gasteiger partial charge in [0.2, 0.25) is 0 Å². The Hall–Kier alpha value is -1.33. The summed E-state index contributed by atoms with van der Waals surface area (Å²) in [5.41, 5.74) is 0.610. The van der Waals surface area contributed by atoms with Gasteiger partial charge in [-0.15, -0.1) is 0 Å². The number of carbonyl (C=O) groups excluding carboxylic acids is 1. The number of hydrogen-bond acceptors (Lipinski definition) is 4. The molecule has 5 nitrogen and oxygen atoms in total. The molecule has 0 aromatic carbocycles. The molecule has 1 aromatic heterocycles. The lowest BCUT2D eigenvalue weighted by Crippen LogP contribution is -2.48. The van der Waals surface area contributed by atoms with Crippen LogP contribution in [0.1, 0.15) is 17.3 Å². The second-order valence-electron chi connectivity index (χ2n) is 5.16. The van der Waals surface area contributed by atoms with Crippen LogP contribution >= 0.6 is 11.6 Å². The van der Waals surface area contributed by atoms with E-state index in [-0.39, 0.29) is 5.91 Å². The molecule has 1 saturated heterocycles. The van der Waals surface area contributed by atoms with Crippen LogP contribution in [0.25, 0.3) is 0 Å². The molecule has 0 aliphatic carbocycles. The summed E-state index contributed by atoms with van der Waals surface area (Å²) in [7, 11) is 3.76. The van der Waals surface area contributed by atoms with Crippen molar-refractivity contribution in [3.8, 4) is 0 Å². The lowest BCUT2D eigenvalue weighted by molar-refractivity contribution is 0.0643. The largest absolute Gasteiger partial charge is 0.363 e. The molecule has 1 aliphatic heterocycles. The van der Waals surface area contributed by atoms with Gasteiger partial charge in [0.05, 0.1) is 0 Å². The molecule has 0 N–H and O–H groups in total. The Kier molecular flexibility index (Phi) is 4.83. The number of aromatic nitrogens is 1. The van der Waals surface area contributed by atoms with Crippen molar-refractivity contribution in [1.29, 1.82) is 0 Å². The summed E-state index contributed by atoms with van der Waals surface area (Å²) in [6.07, 6.45) is 0. The molecule has 0 radical (unpaired) electrons. The van der Waals surface area contributed by atoms with Crippen molar-refractivity contribution in [3.05, 3.63) is 22.8 Å². The number of piperazine rings is 1. The first-order valence-electron chi connectivity index (χ1n) is 6.87. The molecule has 0 saturated carbocycles. The second-order valence-corrected chi connectivity index (χ2v) is 5.54. The van der Waals surface area contributed by atoms with Crippen LogP contribution in [-0.4, -0.2) is 67.5 Å². The van der Waals surface area contributed by atoms with Crippen molar-refractivity contribution >= 4 is 23.3 Å². The number of pyridine rings is 1. The van der Waals surface area contributed by atoms with E-state index in [1.807, 2.05) is 23.9 Å². The fourth-order valence-electron chi connectivity index (χ4n) is 2.29. The fraction of sp³-hybridized carbons (Fsp3) is 0.571. The monoisotopic (exact) mass is 296 g/mol. The summed E-state index contributed by atoms with van der Waals surface area (Å²) in [6.45, 7) is 6.58. The van der Waals surface area contributed by atoms with Crippen molar-refractivity contribution in [1.82, 2.24) is 14.8 Å².